The van der Waals surface area contributed by atoms with Gasteiger partial charge in [-0.15, -0.1) is 0 Å². The van der Waals surface area contributed by atoms with Gasteiger partial charge in [0.25, 0.3) is 0 Å². The molecule has 1 nitrogen and oxygen atoms in total. The molecule has 0 spiro atoms. The Labute approximate surface area is 131 Å². The van der Waals surface area contributed by atoms with Gasteiger partial charge in [0.2, 0.25) is 0 Å². The molecule has 3 heteroatoms. The lowest BCUT2D eigenvalue weighted by molar-refractivity contribution is 0.547. The highest BCUT2D eigenvalue weighted by molar-refractivity contribution is 6.31. The van der Waals surface area contributed by atoms with E-state index in [0.717, 1.165) is 40.2 Å². The molecular formula is C18H21ClFN. The topological polar surface area (TPSA) is 12.0 Å². The maximum absolute atomic E-state index is 13.2. The summed E-state index contributed by atoms with van der Waals surface area (Å²) in [4.78, 5) is 0. The van der Waals surface area contributed by atoms with E-state index in [2.05, 4.69) is 18.3 Å². The van der Waals surface area contributed by atoms with Gasteiger partial charge in [-0.1, -0.05) is 36.7 Å². The number of nitrogens with one attached hydrogen (secondary N) is 1. The second kappa shape index (κ2) is 7.06. The lowest BCUT2D eigenvalue weighted by Gasteiger charge is -2.20. The number of hydrogen-bond donors (Lipinski definition) is 1. The molecule has 2 aromatic rings. The third-order valence-electron chi connectivity index (χ3n) is 3.78. The van der Waals surface area contributed by atoms with E-state index in [-0.39, 0.29) is 11.9 Å². The number of aryl methyl sites for hydroxylation is 2. The fraction of sp³-hybridized carbons (Fsp3) is 0.333. The third-order valence-corrected chi connectivity index (χ3v) is 4.18. The van der Waals surface area contributed by atoms with Crippen LogP contribution in [0.3, 0.4) is 0 Å². The molecule has 21 heavy (non-hydrogen) atoms. The first-order chi connectivity index (χ1) is 10.0. The summed E-state index contributed by atoms with van der Waals surface area (Å²) >= 11 is 6.24. The van der Waals surface area contributed by atoms with Gasteiger partial charge in [0.05, 0.1) is 0 Å². The molecule has 0 aliphatic carbocycles. The Morgan fingerprint density at radius 2 is 1.86 bits per heavy atom. The van der Waals surface area contributed by atoms with Crippen molar-refractivity contribution in [3.8, 4) is 0 Å². The van der Waals surface area contributed by atoms with Crippen LogP contribution in [0.15, 0.2) is 36.4 Å². The van der Waals surface area contributed by atoms with Crippen LogP contribution in [0.25, 0.3) is 0 Å². The van der Waals surface area contributed by atoms with Crippen molar-refractivity contribution >= 4 is 11.6 Å². The Morgan fingerprint density at radius 3 is 2.48 bits per heavy atom. The van der Waals surface area contributed by atoms with Crippen LogP contribution in [0.1, 0.15) is 35.2 Å². The van der Waals surface area contributed by atoms with Gasteiger partial charge in [0, 0.05) is 11.1 Å². The molecule has 1 unspecified atom stereocenters. The zero-order valence-electron chi connectivity index (χ0n) is 12.7. The highest BCUT2D eigenvalue weighted by Crippen LogP contribution is 2.25. The van der Waals surface area contributed by atoms with Crippen LogP contribution in [-0.2, 0) is 6.42 Å². The van der Waals surface area contributed by atoms with Crippen LogP contribution in [-0.4, -0.2) is 6.54 Å². The van der Waals surface area contributed by atoms with Crippen molar-refractivity contribution in [1.82, 2.24) is 5.32 Å². The largest absolute Gasteiger partial charge is 0.310 e. The predicted octanol–water partition coefficient (Wildman–Crippen LogP) is 4.99. The Balaban J connectivity index is 2.28. The van der Waals surface area contributed by atoms with Crippen LogP contribution in [0.5, 0.6) is 0 Å². The molecule has 0 amide bonds. The maximum atomic E-state index is 13.2. The van der Waals surface area contributed by atoms with Crippen LogP contribution < -0.4 is 5.32 Å². The van der Waals surface area contributed by atoms with Crippen molar-refractivity contribution in [3.05, 3.63) is 69.5 Å². The summed E-state index contributed by atoms with van der Waals surface area (Å²) in [6, 6.07) is 11.3. The number of benzene rings is 2. The second-order valence-corrected chi connectivity index (χ2v) is 5.80. The average Bonchev–Trinajstić information content (AvgIpc) is 2.44. The quantitative estimate of drug-likeness (QED) is 0.820. The molecule has 112 valence electrons. The molecule has 1 N–H and O–H groups in total. The predicted molar refractivity (Wildman–Crippen MR) is 87.4 cm³/mol. The summed E-state index contributed by atoms with van der Waals surface area (Å²) in [5.74, 6) is -0.186. The van der Waals surface area contributed by atoms with E-state index in [1.54, 1.807) is 6.07 Å². The van der Waals surface area contributed by atoms with Gasteiger partial charge in [0.1, 0.15) is 5.82 Å². The summed E-state index contributed by atoms with van der Waals surface area (Å²) in [7, 11) is 0. The molecule has 0 radical (unpaired) electrons. The lowest BCUT2D eigenvalue weighted by Crippen LogP contribution is -2.23. The van der Waals surface area contributed by atoms with E-state index in [9.17, 15) is 4.39 Å². The van der Waals surface area contributed by atoms with Gasteiger partial charge in [-0.2, -0.15) is 0 Å². The summed E-state index contributed by atoms with van der Waals surface area (Å²) in [6.07, 6.45) is 0.819. The highest BCUT2D eigenvalue weighted by atomic mass is 35.5. The monoisotopic (exact) mass is 305 g/mol. The van der Waals surface area contributed by atoms with E-state index >= 15 is 0 Å². The van der Waals surface area contributed by atoms with E-state index in [0.29, 0.717) is 0 Å². The summed E-state index contributed by atoms with van der Waals surface area (Å²) in [5.41, 5.74) is 4.37. The summed E-state index contributed by atoms with van der Waals surface area (Å²) < 4.78 is 13.2. The zero-order valence-corrected chi connectivity index (χ0v) is 13.5. The Morgan fingerprint density at radius 1 is 1.10 bits per heavy atom. The summed E-state index contributed by atoms with van der Waals surface area (Å²) in [5, 5.41) is 4.27. The van der Waals surface area contributed by atoms with Crippen LogP contribution >= 0.6 is 11.6 Å². The number of rotatable bonds is 5. The van der Waals surface area contributed by atoms with Gasteiger partial charge in [-0.3, -0.25) is 0 Å². The van der Waals surface area contributed by atoms with Crippen molar-refractivity contribution in [2.24, 2.45) is 0 Å². The van der Waals surface area contributed by atoms with Crippen molar-refractivity contribution in [2.45, 2.75) is 33.2 Å². The molecule has 0 bridgehead atoms. The van der Waals surface area contributed by atoms with Gasteiger partial charge >= 0.3 is 0 Å². The Hall–Kier alpha value is -1.38. The minimum Gasteiger partial charge on any atom is -0.310 e. The fourth-order valence-electron chi connectivity index (χ4n) is 2.49. The Kier molecular flexibility index (Phi) is 5.38. The molecular weight excluding hydrogens is 285 g/mol. The van der Waals surface area contributed by atoms with E-state index in [4.69, 9.17) is 11.6 Å². The van der Waals surface area contributed by atoms with Gasteiger partial charge < -0.3 is 5.32 Å². The van der Waals surface area contributed by atoms with Crippen molar-refractivity contribution in [3.63, 3.8) is 0 Å². The molecule has 0 fully saturated rings. The molecule has 0 aromatic heterocycles. The third kappa shape index (κ3) is 4.05. The van der Waals surface area contributed by atoms with Crippen LogP contribution in [0.4, 0.5) is 4.39 Å². The molecule has 2 rings (SSSR count). The Bertz CT molecular complexity index is 625. The van der Waals surface area contributed by atoms with Crippen molar-refractivity contribution in [1.29, 1.82) is 0 Å². The van der Waals surface area contributed by atoms with E-state index in [1.165, 1.54) is 6.07 Å². The second-order valence-electron chi connectivity index (χ2n) is 5.39. The standard InChI is InChI=1S/C18H21ClFN/c1-4-21-18(15-6-5-12(2)17(19)10-15)11-14-7-8-16(20)9-13(14)3/h5-10,18,21H,4,11H2,1-3H3. The smallest absolute Gasteiger partial charge is 0.123 e. The fourth-order valence-corrected chi connectivity index (χ4v) is 2.68. The first kappa shape index (κ1) is 16.0. The normalized spacial score (nSPS) is 12.4. The highest BCUT2D eigenvalue weighted by Gasteiger charge is 2.14. The molecule has 1 atom stereocenters. The number of hydrogen-bond acceptors (Lipinski definition) is 1. The minimum absolute atomic E-state index is 0.178. The van der Waals surface area contributed by atoms with Crippen LogP contribution in [0.2, 0.25) is 5.02 Å². The number of halogens is 2. The lowest BCUT2D eigenvalue weighted by atomic mass is 9.95. The van der Waals surface area contributed by atoms with Crippen LogP contribution in [0, 0.1) is 19.7 Å². The molecule has 0 saturated heterocycles. The van der Waals surface area contributed by atoms with E-state index < -0.39 is 0 Å². The molecule has 0 aliphatic rings. The van der Waals surface area contributed by atoms with Crippen molar-refractivity contribution in [2.75, 3.05) is 6.54 Å². The van der Waals surface area contributed by atoms with E-state index in [1.807, 2.05) is 32.0 Å². The van der Waals surface area contributed by atoms with Gasteiger partial charge in [-0.05, 0) is 67.3 Å². The number of likely N-dealkylation sites (N-methyl/N-ethyl adjacent to an activating group) is 1. The zero-order chi connectivity index (χ0) is 15.4. The van der Waals surface area contributed by atoms with Gasteiger partial charge in [0.15, 0.2) is 0 Å². The average molecular weight is 306 g/mol. The molecule has 0 aliphatic heterocycles. The van der Waals surface area contributed by atoms with Crippen molar-refractivity contribution < 1.29 is 4.39 Å². The maximum Gasteiger partial charge on any atom is 0.123 e. The SMILES string of the molecule is CCNC(Cc1ccc(F)cc1C)c1ccc(C)c(Cl)c1. The molecule has 2 aromatic carbocycles. The first-order valence-electron chi connectivity index (χ1n) is 7.25. The molecule has 0 saturated carbocycles. The molecule has 0 heterocycles. The summed E-state index contributed by atoms with van der Waals surface area (Å²) in [6.45, 7) is 6.90. The first-order valence-corrected chi connectivity index (χ1v) is 7.63. The van der Waals surface area contributed by atoms with Gasteiger partial charge in [-0.25, -0.2) is 4.39 Å². The minimum atomic E-state index is -0.186.